The lowest BCUT2D eigenvalue weighted by Crippen LogP contribution is -2.39. The SMILES string of the molecule is CCC(CO)NC(=O)Nc1cccc(F)c1. The average molecular weight is 226 g/mol. The molecule has 1 aromatic carbocycles. The third-order valence-corrected chi connectivity index (χ3v) is 2.13. The van der Waals surface area contributed by atoms with E-state index in [2.05, 4.69) is 10.6 Å². The quantitative estimate of drug-likeness (QED) is 0.732. The summed E-state index contributed by atoms with van der Waals surface area (Å²) >= 11 is 0. The number of halogens is 1. The van der Waals surface area contributed by atoms with Gasteiger partial charge in [-0.2, -0.15) is 0 Å². The lowest BCUT2D eigenvalue weighted by atomic mass is 10.2. The maximum atomic E-state index is 12.8. The summed E-state index contributed by atoms with van der Waals surface area (Å²) in [6.07, 6.45) is 0.632. The van der Waals surface area contributed by atoms with Crippen LogP contribution in [0.4, 0.5) is 14.9 Å². The van der Waals surface area contributed by atoms with E-state index in [-0.39, 0.29) is 12.6 Å². The fourth-order valence-corrected chi connectivity index (χ4v) is 1.20. The predicted octanol–water partition coefficient (Wildman–Crippen LogP) is 1.72. The number of hydrogen-bond donors (Lipinski definition) is 3. The Hall–Kier alpha value is -1.62. The van der Waals surface area contributed by atoms with E-state index in [1.54, 1.807) is 6.07 Å². The molecule has 16 heavy (non-hydrogen) atoms. The standard InChI is InChI=1S/C11H15FN2O2/c1-2-9(7-15)13-11(16)14-10-5-3-4-8(12)6-10/h3-6,9,15H,2,7H2,1H3,(H2,13,14,16). The van der Waals surface area contributed by atoms with Gasteiger partial charge in [-0.1, -0.05) is 13.0 Å². The molecule has 0 aromatic heterocycles. The van der Waals surface area contributed by atoms with Gasteiger partial charge in [0.05, 0.1) is 12.6 Å². The van der Waals surface area contributed by atoms with Gasteiger partial charge in [0.1, 0.15) is 5.82 Å². The topological polar surface area (TPSA) is 61.4 Å². The van der Waals surface area contributed by atoms with Gasteiger partial charge >= 0.3 is 6.03 Å². The number of carbonyl (C=O) groups is 1. The van der Waals surface area contributed by atoms with Crippen molar-refractivity contribution in [3.8, 4) is 0 Å². The number of amides is 2. The Labute approximate surface area is 93.5 Å². The first-order valence-electron chi connectivity index (χ1n) is 5.09. The van der Waals surface area contributed by atoms with Crippen molar-refractivity contribution in [2.24, 2.45) is 0 Å². The summed E-state index contributed by atoms with van der Waals surface area (Å²) in [7, 11) is 0. The molecule has 4 nitrogen and oxygen atoms in total. The Morgan fingerprint density at radius 1 is 1.56 bits per heavy atom. The zero-order valence-electron chi connectivity index (χ0n) is 9.03. The Kier molecular flexibility index (Phi) is 4.72. The molecule has 0 heterocycles. The largest absolute Gasteiger partial charge is 0.394 e. The number of carbonyl (C=O) groups excluding carboxylic acids is 1. The van der Waals surface area contributed by atoms with Crippen LogP contribution in [0.1, 0.15) is 13.3 Å². The second kappa shape index (κ2) is 6.07. The van der Waals surface area contributed by atoms with Gasteiger partial charge in [0, 0.05) is 5.69 Å². The molecule has 0 radical (unpaired) electrons. The van der Waals surface area contributed by atoms with E-state index in [1.165, 1.54) is 18.2 Å². The van der Waals surface area contributed by atoms with E-state index >= 15 is 0 Å². The first-order chi connectivity index (χ1) is 7.65. The molecular weight excluding hydrogens is 211 g/mol. The van der Waals surface area contributed by atoms with Crippen LogP contribution in [0.5, 0.6) is 0 Å². The van der Waals surface area contributed by atoms with Crippen LogP contribution >= 0.6 is 0 Å². The highest BCUT2D eigenvalue weighted by Crippen LogP contribution is 2.08. The van der Waals surface area contributed by atoms with Gasteiger partial charge in [0.2, 0.25) is 0 Å². The highest BCUT2D eigenvalue weighted by Gasteiger charge is 2.08. The van der Waals surface area contributed by atoms with E-state index in [9.17, 15) is 9.18 Å². The fraction of sp³-hybridized carbons (Fsp3) is 0.364. The van der Waals surface area contributed by atoms with E-state index in [1.807, 2.05) is 6.92 Å². The number of anilines is 1. The van der Waals surface area contributed by atoms with Gasteiger partial charge in [0.25, 0.3) is 0 Å². The molecule has 0 bridgehead atoms. The van der Waals surface area contributed by atoms with Crippen molar-refractivity contribution < 1.29 is 14.3 Å². The molecule has 0 aliphatic heterocycles. The third-order valence-electron chi connectivity index (χ3n) is 2.13. The number of hydrogen-bond acceptors (Lipinski definition) is 2. The monoisotopic (exact) mass is 226 g/mol. The van der Waals surface area contributed by atoms with Crippen molar-refractivity contribution in [3.63, 3.8) is 0 Å². The first kappa shape index (κ1) is 12.4. The van der Waals surface area contributed by atoms with Crippen molar-refractivity contribution in [2.45, 2.75) is 19.4 Å². The lowest BCUT2D eigenvalue weighted by molar-refractivity contribution is 0.222. The molecule has 0 saturated carbocycles. The summed E-state index contributed by atoms with van der Waals surface area (Å²) < 4.78 is 12.8. The first-order valence-corrected chi connectivity index (χ1v) is 5.09. The van der Waals surface area contributed by atoms with Gasteiger partial charge in [-0.05, 0) is 24.6 Å². The van der Waals surface area contributed by atoms with E-state index in [4.69, 9.17) is 5.11 Å². The number of benzene rings is 1. The molecule has 1 rings (SSSR count). The van der Waals surface area contributed by atoms with Crippen LogP contribution in [-0.2, 0) is 0 Å². The lowest BCUT2D eigenvalue weighted by Gasteiger charge is -2.14. The Bertz CT molecular complexity index is 354. The second-order valence-corrected chi connectivity index (χ2v) is 3.40. The molecule has 0 aliphatic rings. The van der Waals surface area contributed by atoms with Gasteiger partial charge in [-0.25, -0.2) is 9.18 Å². The fourth-order valence-electron chi connectivity index (χ4n) is 1.20. The minimum Gasteiger partial charge on any atom is -0.394 e. The van der Waals surface area contributed by atoms with Gasteiger partial charge in [-0.3, -0.25) is 0 Å². The number of aliphatic hydroxyl groups is 1. The van der Waals surface area contributed by atoms with Crippen LogP contribution in [0.15, 0.2) is 24.3 Å². The summed E-state index contributed by atoms with van der Waals surface area (Å²) in [4.78, 5) is 11.4. The summed E-state index contributed by atoms with van der Waals surface area (Å²) in [5, 5.41) is 13.9. The van der Waals surface area contributed by atoms with Gasteiger partial charge < -0.3 is 15.7 Å². The number of nitrogens with one attached hydrogen (secondary N) is 2. The van der Waals surface area contributed by atoms with E-state index < -0.39 is 11.8 Å². The third kappa shape index (κ3) is 3.86. The maximum Gasteiger partial charge on any atom is 0.319 e. The van der Waals surface area contributed by atoms with Gasteiger partial charge in [0.15, 0.2) is 0 Å². The highest BCUT2D eigenvalue weighted by atomic mass is 19.1. The Morgan fingerprint density at radius 3 is 2.88 bits per heavy atom. The van der Waals surface area contributed by atoms with Crippen LogP contribution in [0.3, 0.4) is 0 Å². The number of aliphatic hydroxyl groups excluding tert-OH is 1. The average Bonchev–Trinajstić information content (AvgIpc) is 2.26. The molecule has 0 saturated heterocycles. The van der Waals surface area contributed by atoms with Crippen LogP contribution in [-0.4, -0.2) is 23.8 Å². The highest BCUT2D eigenvalue weighted by molar-refractivity contribution is 5.89. The summed E-state index contributed by atoms with van der Waals surface area (Å²) in [5.74, 6) is -0.410. The van der Waals surface area contributed by atoms with Crippen molar-refractivity contribution in [3.05, 3.63) is 30.1 Å². The van der Waals surface area contributed by atoms with Gasteiger partial charge in [-0.15, -0.1) is 0 Å². The molecule has 1 unspecified atom stereocenters. The van der Waals surface area contributed by atoms with Crippen molar-refractivity contribution >= 4 is 11.7 Å². The molecule has 1 aromatic rings. The zero-order chi connectivity index (χ0) is 12.0. The molecule has 1 atom stereocenters. The second-order valence-electron chi connectivity index (χ2n) is 3.40. The summed E-state index contributed by atoms with van der Waals surface area (Å²) in [6.45, 7) is 1.73. The van der Waals surface area contributed by atoms with E-state index in [0.717, 1.165) is 0 Å². The number of rotatable bonds is 4. The molecule has 0 aliphatic carbocycles. The normalized spacial score (nSPS) is 11.9. The Balaban J connectivity index is 2.51. The summed E-state index contributed by atoms with van der Waals surface area (Å²) in [6, 6.07) is 4.88. The molecule has 0 fully saturated rings. The molecule has 3 N–H and O–H groups in total. The van der Waals surface area contributed by atoms with Crippen LogP contribution in [0.2, 0.25) is 0 Å². The molecule has 0 spiro atoms. The van der Waals surface area contributed by atoms with E-state index in [0.29, 0.717) is 12.1 Å². The van der Waals surface area contributed by atoms with Crippen LogP contribution in [0.25, 0.3) is 0 Å². The number of urea groups is 1. The minimum atomic E-state index is -0.452. The molecule has 5 heteroatoms. The van der Waals surface area contributed by atoms with Crippen molar-refractivity contribution in [1.29, 1.82) is 0 Å². The summed E-state index contributed by atoms with van der Waals surface area (Å²) in [5.41, 5.74) is 0.380. The molecule has 88 valence electrons. The zero-order valence-corrected chi connectivity index (χ0v) is 9.03. The minimum absolute atomic E-state index is 0.118. The van der Waals surface area contributed by atoms with Crippen molar-refractivity contribution in [2.75, 3.05) is 11.9 Å². The molecule has 2 amide bonds. The van der Waals surface area contributed by atoms with Crippen LogP contribution < -0.4 is 10.6 Å². The predicted molar refractivity (Wildman–Crippen MR) is 59.7 cm³/mol. The van der Waals surface area contributed by atoms with Crippen molar-refractivity contribution in [1.82, 2.24) is 5.32 Å². The maximum absolute atomic E-state index is 12.8. The molecular formula is C11H15FN2O2. The Morgan fingerprint density at radius 2 is 2.31 bits per heavy atom. The van der Waals surface area contributed by atoms with Crippen LogP contribution in [0, 0.1) is 5.82 Å². The smallest absolute Gasteiger partial charge is 0.319 e.